The fourth-order valence-electron chi connectivity index (χ4n) is 2.05. The lowest BCUT2D eigenvalue weighted by Crippen LogP contribution is -2.27. The van der Waals surface area contributed by atoms with Crippen molar-refractivity contribution in [1.82, 2.24) is 5.32 Å². The van der Waals surface area contributed by atoms with Gasteiger partial charge in [0.15, 0.2) is 0 Å². The number of nitrogens with two attached hydrogens (primary N) is 1. The van der Waals surface area contributed by atoms with E-state index in [1.165, 1.54) is 0 Å². The van der Waals surface area contributed by atoms with E-state index >= 15 is 0 Å². The molecule has 1 radical (unpaired) electrons. The molecule has 1 amide bonds. The lowest BCUT2D eigenvalue weighted by Gasteiger charge is -2.16. The monoisotopic (exact) mass is 253 g/mol. The standard InChI is InChI=1S/C16H17N2O/c1-11-6-3-4-9-15(11)12(2)18-16(19)13-7-5-8-14(17)10-13/h3-4,6-10,12H,17H2,1-2H3,(H,18,19). The first-order valence-electron chi connectivity index (χ1n) is 6.21. The Balaban J connectivity index is 2.13. The number of rotatable bonds is 3. The van der Waals surface area contributed by atoms with Gasteiger partial charge in [0.1, 0.15) is 0 Å². The number of anilines is 1. The van der Waals surface area contributed by atoms with Crippen LogP contribution in [0, 0.1) is 13.0 Å². The minimum Gasteiger partial charge on any atom is -0.399 e. The van der Waals surface area contributed by atoms with Gasteiger partial charge in [-0.3, -0.25) is 4.79 Å². The minimum absolute atomic E-state index is 0.0462. The zero-order valence-corrected chi connectivity index (χ0v) is 11.1. The maximum atomic E-state index is 12.1. The molecule has 2 aromatic rings. The summed E-state index contributed by atoms with van der Waals surface area (Å²) < 4.78 is 0. The number of aryl methyl sites for hydroxylation is 1. The highest BCUT2D eigenvalue weighted by atomic mass is 16.1. The Kier molecular flexibility index (Phi) is 3.85. The molecule has 2 aromatic carbocycles. The van der Waals surface area contributed by atoms with Gasteiger partial charge in [0.25, 0.3) is 5.91 Å². The number of carbonyl (C=O) groups is 1. The first-order valence-corrected chi connectivity index (χ1v) is 6.21. The van der Waals surface area contributed by atoms with Gasteiger partial charge in [-0.15, -0.1) is 0 Å². The summed E-state index contributed by atoms with van der Waals surface area (Å²) in [5.41, 5.74) is 8.99. The van der Waals surface area contributed by atoms with Crippen LogP contribution in [0.4, 0.5) is 5.69 Å². The molecule has 1 atom stereocenters. The number of nitrogens with one attached hydrogen (secondary N) is 1. The Bertz CT molecular complexity index is 593. The third-order valence-electron chi connectivity index (χ3n) is 3.08. The van der Waals surface area contributed by atoms with E-state index in [0.29, 0.717) is 11.3 Å². The van der Waals surface area contributed by atoms with Crippen molar-refractivity contribution in [3.8, 4) is 0 Å². The largest absolute Gasteiger partial charge is 0.399 e. The van der Waals surface area contributed by atoms with E-state index < -0.39 is 0 Å². The van der Waals surface area contributed by atoms with Crippen molar-refractivity contribution in [2.24, 2.45) is 0 Å². The van der Waals surface area contributed by atoms with Crippen molar-refractivity contribution in [2.45, 2.75) is 19.9 Å². The van der Waals surface area contributed by atoms with Gasteiger partial charge in [0.2, 0.25) is 0 Å². The van der Waals surface area contributed by atoms with Crippen LogP contribution >= 0.6 is 0 Å². The molecule has 0 saturated heterocycles. The molecule has 1 unspecified atom stereocenters. The molecule has 97 valence electrons. The Morgan fingerprint density at radius 3 is 2.74 bits per heavy atom. The van der Waals surface area contributed by atoms with Gasteiger partial charge in [-0.1, -0.05) is 24.3 Å². The normalized spacial score (nSPS) is 11.9. The SMILES string of the molecule is Cc1ccccc1C(C)NC(=O)c1c[c]cc(N)c1. The van der Waals surface area contributed by atoms with Crippen LogP contribution in [0.15, 0.2) is 42.5 Å². The second kappa shape index (κ2) is 5.57. The Morgan fingerprint density at radius 1 is 1.32 bits per heavy atom. The molecule has 0 fully saturated rings. The van der Waals surface area contributed by atoms with E-state index in [-0.39, 0.29) is 11.9 Å². The molecular weight excluding hydrogens is 236 g/mol. The zero-order chi connectivity index (χ0) is 13.8. The van der Waals surface area contributed by atoms with Crippen LogP contribution in [-0.2, 0) is 0 Å². The maximum Gasteiger partial charge on any atom is 0.251 e. The van der Waals surface area contributed by atoms with Crippen LogP contribution in [0.1, 0.15) is 34.5 Å². The Morgan fingerprint density at radius 2 is 2.05 bits per heavy atom. The van der Waals surface area contributed by atoms with Gasteiger partial charge in [-0.05, 0) is 49.2 Å². The molecule has 0 spiro atoms. The van der Waals surface area contributed by atoms with Crippen molar-refractivity contribution >= 4 is 11.6 Å². The van der Waals surface area contributed by atoms with E-state index in [4.69, 9.17) is 5.73 Å². The molecule has 2 rings (SSSR count). The fraction of sp³-hybridized carbons (Fsp3) is 0.188. The van der Waals surface area contributed by atoms with Gasteiger partial charge in [-0.25, -0.2) is 0 Å². The summed E-state index contributed by atoms with van der Waals surface area (Å²) in [7, 11) is 0. The van der Waals surface area contributed by atoms with Crippen molar-refractivity contribution < 1.29 is 4.79 Å². The van der Waals surface area contributed by atoms with E-state index in [1.54, 1.807) is 18.2 Å². The zero-order valence-electron chi connectivity index (χ0n) is 11.1. The predicted octanol–water partition coefficient (Wildman–Crippen LogP) is 2.87. The van der Waals surface area contributed by atoms with Crippen LogP contribution in [0.3, 0.4) is 0 Å². The number of benzene rings is 2. The molecule has 0 aliphatic heterocycles. The molecule has 0 heterocycles. The van der Waals surface area contributed by atoms with Gasteiger partial charge in [0.05, 0.1) is 6.04 Å². The number of hydrogen-bond acceptors (Lipinski definition) is 2. The summed E-state index contributed by atoms with van der Waals surface area (Å²) in [6.07, 6.45) is 0. The maximum absolute atomic E-state index is 12.1. The molecule has 0 aliphatic rings. The first-order chi connectivity index (χ1) is 9.08. The second-order valence-corrected chi connectivity index (χ2v) is 4.61. The second-order valence-electron chi connectivity index (χ2n) is 4.61. The summed E-state index contributed by atoms with van der Waals surface area (Å²) in [6, 6.07) is 15.7. The summed E-state index contributed by atoms with van der Waals surface area (Å²) >= 11 is 0. The quantitative estimate of drug-likeness (QED) is 0.826. The number of amides is 1. The van der Waals surface area contributed by atoms with Crippen molar-refractivity contribution in [2.75, 3.05) is 5.73 Å². The Labute approximate surface area is 113 Å². The van der Waals surface area contributed by atoms with Crippen LogP contribution in [0.5, 0.6) is 0 Å². The van der Waals surface area contributed by atoms with Crippen LogP contribution in [-0.4, -0.2) is 5.91 Å². The van der Waals surface area contributed by atoms with E-state index in [1.807, 2.05) is 38.1 Å². The average Bonchev–Trinajstić information content (AvgIpc) is 2.39. The lowest BCUT2D eigenvalue weighted by molar-refractivity contribution is 0.0940. The average molecular weight is 253 g/mol. The molecule has 3 nitrogen and oxygen atoms in total. The molecule has 0 bridgehead atoms. The lowest BCUT2D eigenvalue weighted by atomic mass is 10.0. The molecule has 0 aliphatic carbocycles. The molecule has 0 saturated carbocycles. The number of carbonyl (C=O) groups excluding carboxylic acids is 1. The fourth-order valence-corrected chi connectivity index (χ4v) is 2.05. The van der Waals surface area contributed by atoms with Crippen LogP contribution in [0.25, 0.3) is 0 Å². The van der Waals surface area contributed by atoms with Crippen molar-refractivity contribution in [3.63, 3.8) is 0 Å². The molecule has 3 N–H and O–H groups in total. The third-order valence-corrected chi connectivity index (χ3v) is 3.08. The summed E-state index contributed by atoms with van der Waals surface area (Å²) in [4.78, 5) is 12.1. The van der Waals surface area contributed by atoms with Crippen molar-refractivity contribution in [1.29, 1.82) is 0 Å². The summed E-state index contributed by atoms with van der Waals surface area (Å²) in [6.45, 7) is 4.00. The first kappa shape index (κ1) is 13.1. The number of hydrogen-bond donors (Lipinski definition) is 2. The topological polar surface area (TPSA) is 55.1 Å². The highest BCUT2D eigenvalue weighted by molar-refractivity contribution is 5.95. The number of nitrogen functional groups attached to an aromatic ring is 1. The minimum atomic E-state index is -0.140. The highest BCUT2D eigenvalue weighted by Gasteiger charge is 2.12. The smallest absolute Gasteiger partial charge is 0.251 e. The van der Waals surface area contributed by atoms with E-state index in [9.17, 15) is 4.79 Å². The molecule has 0 aromatic heterocycles. The third kappa shape index (κ3) is 3.13. The van der Waals surface area contributed by atoms with Gasteiger partial charge in [-0.2, -0.15) is 0 Å². The highest BCUT2D eigenvalue weighted by Crippen LogP contribution is 2.17. The van der Waals surface area contributed by atoms with E-state index in [2.05, 4.69) is 11.4 Å². The van der Waals surface area contributed by atoms with Gasteiger partial charge < -0.3 is 11.1 Å². The molecule has 19 heavy (non-hydrogen) atoms. The molecule has 3 heteroatoms. The molecular formula is C16H17N2O. The van der Waals surface area contributed by atoms with Crippen LogP contribution < -0.4 is 11.1 Å². The van der Waals surface area contributed by atoms with E-state index in [0.717, 1.165) is 11.1 Å². The van der Waals surface area contributed by atoms with Crippen molar-refractivity contribution in [3.05, 3.63) is 65.2 Å². The predicted molar refractivity (Wildman–Crippen MR) is 76.8 cm³/mol. The Hall–Kier alpha value is -2.29. The summed E-state index contributed by atoms with van der Waals surface area (Å²) in [5, 5.41) is 2.97. The van der Waals surface area contributed by atoms with Gasteiger partial charge >= 0.3 is 0 Å². The van der Waals surface area contributed by atoms with Crippen LogP contribution in [0.2, 0.25) is 0 Å². The van der Waals surface area contributed by atoms with Gasteiger partial charge in [0, 0.05) is 11.3 Å². The summed E-state index contributed by atoms with van der Waals surface area (Å²) in [5.74, 6) is -0.140.